The Kier molecular flexibility index (Phi) is 6.59. The fourth-order valence-corrected chi connectivity index (χ4v) is 4.90. The Balaban J connectivity index is 1.46. The Labute approximate surface area is 188 Å². The van der Waals surface area contributed by atoms with Crippen LogP contribution in [0.5, 0.6) is 0 Å². The van der Waals surface area contributed by atoms with Crippen LogP contribution in [0.3, 0.4) is 0 Å². The van der Waals surface area contributed by atoms with E-state index >= 15 is 0 Å². The molecule has 0 amide bonds. The summed E-state index contributed by atoms with van der Waals surface area (Å²) in [5.74, 6) is 1.35. The van der Waals surface area contributed by atoms with Gasteiger partial charge in [0.25, 0.3) is 0 Å². The number of hydrogen-bond acceptors (Lipinski definition) is 8. The van der Waals surface area contributed by atoms with Gasteiger partial charge in [-0.25, -0.2) is 15.0 Å². The maximum Gasteiger partial charge on any atom is 0.240 e. The van der Waals surface area contributed by atoms with Crippen molar-refractivity contribution in [2.45, 2.75) is 53.4 Å². The van der Waals surface area contributed by atoms with Crippen LogP contribution in [-0.4, -0.2) is 60.7 Å². The van der Waals surface area contributed by atoms with E-state index in [1.165, 1.54) is 0 Å². The Morgan fingerprint density at radius 1 is 1.19 bits per heavy atom. The van der Waals surface area contributed by atoms with Gasteiger partial charge < -0.3 is 15.3 Å². The Morgan fingerprint density at radius 2 is 1.84 bits per heavy atom. The molecule has 0 radical (unpaired) electrons. The molecule has 1 saturated carbocycles. The second-order valence-corrected chi connectivity index (χ2v) is 10.8. The van der Waals surface area contributed by atoms with Crippen molar-refractivity contribution in [3.8, 4) is 0 Å². The Hall–Kier alpha value is -1.99. The van der Waals surface area contributed by atoms with Crippen molar-refractivity contribution in [1.82, 2.24) is 19.9 Å². The number of nitrogens with one attached hydrogen (secondary N) is 1. The van der Waals surface area contributed by atoms with Gasteiger partial charge in [-0.15, -0.1) is 11.7 Å². The van der Waals surface area contributed by atoms with Crippen LogP contribution in [0, 0.1) is 0 Å². The lowest BCUT2D eigenvalue weighted by Crippen LogP contribution is -2.48. The largest absolute Gasteiger partial charge is 0.394 e. The first kappa shape index (κ1) is 23.2. The number of aromatic nitrogens is 4. The minimum Gasteiger partial charge on any atom is -0.394 e. The summed E-state index contributed by atoms with van der Waals surface area (Å²) >= 11 is -5.31. The van der Waals surface area contributed by atoms with Gasteiger partial charge in [-0.3, -0.25) is 4.21 Å². The standard InChI is InChI=1S/C19H25F3N6O2S2/c1-31(30)15-11-25-18(26-17(15)27-19(12-29)5-2-6-19)28-7-3-13(4-8-28)16-23-9-14(10-24-16)32(20,21)22/h9-11,13,29H,2-8,12H2,1H3,(H,25,26,27)/t31-/m1/s1. The van der Waals surface area contributed by atoms with Crippen molar-refractivity contribution in [1.29, 1.82) is 0 Å². The summed E-state index contributed by atoms with van der Waals surface area (Å²) in [6.45, 7) is 1.17. The lowest BCUT2D eigenvalue weighted by molar-refractivity contribution is 0.143. The summed E-state index contributed by atoms with van der Waals surface area (Å²) in [6.07, 6.45) is 8.82. The molecule has 2 aromatic rings. The maximum atomic E-state index is 12.8. The zero-order valence-electron chi connectivity index (χ0n) is 17.5. The van der Waals surface area contributed by atoms with E-state index in [0.29, 0.717) is 48.4 Å². The third-order valence-electron chi connectivity index (χ3n) is 6.11. The van der Waals surface area contributed by atoms with Crippen LogP contribution >= 0.6 is 11.2 Å². The highest BCUT2D eigenvalue weighted by Gasteiger charge is 2.37. The molecule has 0 spiro atoms. The molecule has 0 aromatic carbocycles. The van der Waals surface area contributed by atoms with E-state index in [1.807, 2.05) is 4.90 Å². The van der Waals surface area contributed by atoms with Gasteiger partial charge in [0.15, 0.2) is 0 Å². The number of aliphatic hydroxyl groups excluding tert-OH is 1. The van der Waals surface area contributed by atoms with Gasteiger partial charge in [0.2, 0.25) is 17.1 Å². The number of nitrogens with zero attached hydrogens (tertiary/aromatic N) is 5. The third kappa shape index (κ3) is 4.84. The van der Waals surface area contributed by atoms with Crippen LogP contribution in [0.4, 0.5) is 23.4 Å². The zero-order valence-corrected chi connectivity index (χ0v) is 19.1. The summed E-state index contributed by atoms with van der Waals surface area (Å²) in [7, 11) is -1.29. The molecule has 0 unspecified atom stereocenters. The molecule has 8 nitrogen and oxygen atoms in total. The van der Waals surface area contributed by atoms with E-state index < -0.39 is 32.4 Å². The minimum absolute atomic E-state index is 0.0257. The molecule has 0 bridgehead atoms. The Bertz CT molecular complexity index is 975. The SMILES string of the molecule is C[S@@](=O)c1cnc(N2CCC(c3ncc(S(F)(F)F)cn3)CC2)nc1NC1(CO)CCC1. The van der Waals surface area contributed by atoms with Crippen molar-refractivity contribution in [2.24, 2.45) is 0 Å². The van der Waals surface area contributed by atoms with Gasteiger partial charge in [0.05, 0.1) is 46.4 Å². The Morgan fingerprint density at radius 3 is 2.34 bits per heavy atom. The van der Waals surface area contributed by atoms with Crippen LogP contribution in [-0.2, 0) is 10.8 Å². The first-order valence-electron chi connectivity index (χ1n) is 10.3. The topological polar surface area (TPSA) is 104 Å². The molecule has 176 valence electrons. The average Bonchev–Trinajstić information content (AvgIpc) is 2.75. The number of halogens is 3. The molecule has 1 aliphatic carbocycles. The van der Waals surface area contributed by atoms with Gasteiger partial charge in [-0.2, -0.15) is 4.98 Å². The fraction of sp³-hybridized carbons (Fsp3) is 0.579. The number of piperidine rings is 1. The normalized spacial score (nSPS) is 20.5. The van der Waals surface area contributed by atoms with Crippen LogP contribution in [0.15, 0.2) is 28.4 Å². The molecule has 3 heterocycles. The van der Waals surface area contributed by atoms with E-state index in [4.69, 9.17) is 0 Å². The molecule has 2 N–H and O–H groups in total. The third-order valence-corrected chi connectivity index (χ3v) is 7.77. The van der Waals surface area contributed by atoms with Crippen LogP contribution in [0.2, 0.25) is 0 Å². The molecule has 32 heavy (non-hydrogen) atoms. The summed E-state index contributed by atoms with van der Waals surface area (Å²) in [5, 5.41) is 13.1. The van der Waals surface area contributed by atoms with Crippen molar-refractivity contribution in [3.05, 3.63) is 24.4 Å². The molecule has 2 fully saturated rings. The molecule has 4 rings (SSSR count). The number of hydrogen-bond donors (Lipinski definition) is 2. The molecular weight excluding hydrogens is 465 g/mol. The predicted octanol–water partition coefficient (Wildman–Crippen LogP) is 3.53. The molecule has 1 saturated heterocycles. The summed E-state index contributed by atoms with van der Waals surface area (Å²) in [4.78, 5) is 18.6. The first-order valence-corrected chi connectivity index (χ1v) is 13.2. The molecule has 2 aliphatic rings. The fourth-order valence-electron chi connectivity index (χ4n) is 3.99. The van der Waals surface area contributed by atoms with E-state index in [2.05, 4.69) is 25.3 Å². The van der Waals surface area contributed by atoms with E-state index in [9.17, 15) is 21.0 Å². The van der Waals surface area contributed by atoms with Crippen molar-refractivity contribution in [2.75, 3.05) is 36.2 Å². The van der Waals surface area contributed by atoms with E-state index in [0.717, 1.165) is 31.7 Å². The summed E-state index contributed by atoms with van der Waals surface area (Å²) in [5.41, 5.74) is -0.436. The van der Waals surface area contributed by atoms with Gasteiger partial charge in [-0.05, 0) is 32.1 Å². The first-order chi connectivity index (χ1) is 15.2. The van der Waals surface area contributed by atoms with Gasteiger partial charge in [0.1, 0.15) is 16.5 Å². The number of rotatable bonds is 7. The van der Waals surface area contributed by atoms with E-state index in [-0.39, 0.29) is 12.5 Å². The van der Waals surface area contributed by atoms with Gasteiger partial charge in [0, 0.05) is 25.3 Å². The predicted molar refractivity (Wildman–Crippen MR) is 117 cm³/mol. The smallest absolute Gasteiger partial charge is 0.240 e. The lowest BCUT2D eigenvalue weighted by Gasteiger charge is -2.41. The lowest BCUT2D eigenvalue weighted by atomic mass is 9.77. The second-order valence-electron chi connectivity index (χ2n) is 8.20. The average molecular weight is 491 g/mol. The van der Waals surface area contributed by atoms with Crippen LogP contribution in [0.25, 0.3) is 0 Å². The number of anilines is 2. The molecule has 1 atom stereocenters. The highest BCUT2D eigenvalue weighted by atomic mass is 32.3. The summed E-state index contributed by atoms with van der Waals surface area (Å²) in [6, 6.07) is 0. The van der Waals surface area contributed by atoms with Crippen molar-refractivity contribution >= 4 is 33.8 Å². The van der Waals surface area contributed by atoms with Crippen molar-refractivity contribution < 1.29 is 21.0 Å². The monoisotopic (exact) mass is 490 g/mol. The highest BCUT2D eigenvalue weighted by molar-refractivity contribution is 8.20. The summed E-state index contributed by atoms with van der Waals surface area (Å²) < 4.78 is 50.6. The number of aliphatic hydroxyl groups is 1. The molecular formula is C19H25F3N6O2S2. The quantitative estimate of drug-likeness (QED) is 0.608. The minimum atomic E-state index is -5.31. The van der Waals surface area contributed by atoms with Crippen molar-refractivity contribution in [3.63, 3.8) is 0 Å². The maximum absolute atomic E-state index is 12.8. The molecule has 13 heteroatoms. The highest BCUT2D eigenvalue weighted by Crippen LogP contribution is 2.60. The molecule has 2 aromatic heterocycles. The van der Waals surface area contributed by atoms with Gasteiger partial charge in [-0.1, -0.05) is 0 Å². The van der Waals surface area contributed by atoms with E-state index in [1.54, 1.807) is 12.5 Å². The second kappa shape index (κ2) is 9.10. The van der Waals surface area contributed by atoms with Gasteiger partial charge >= 0.3 is 0 Å². The zero-order chi connectivity index (χ0) is 22.9. The molecule has 1 aliphatic heterocycles. The van der Waals surface area contributed by atoms with Crippen LogP contribution < -0.4 is 10.2 Å². The van der Waals surface area contributed by atoms with Crippen LogP contribution in [0.1, 0.15) is 43.8 Å².